The van der Waals surface area contributed by atoms with E-state index >= 15 is 0 Å². The predicted molar refractivity (Wildman–Crippen MR) is 60.3 cm³/mol. The summed E-state index contributed by atoms with van der Waals surface area (Å²) in [5.74, 6) is 0. The number of nitrogens with zero attached hydrogens (tertiary/aromatic N) is 3. The standard InChI is InChI=1S/C9H8N4O2S/c14-13(15)8-4-2-1-3-7(8)5-10-9-12-11-6-16-9/h1-4,6H,5H2,(H,10,12). The Morgan fingerprint density at radius 2 is 2.25 bits per heavy atom. The Hall–Kier alpha value is -2.02. The number of aromatic nitrogens is 2. The number of hydrogen-bond acceptors (Lipinski definition) is 6. The molecule has 16 heavy (non-hydrogen) atoms. The SMILES string of the molecule is O=[N+]([O-])c1ccccc1CNc1nncs1. The van der Waals surface area contributed by atoms with Crippen molar-refractivity contribution in [3.05, 3.63) is 45.5 Å². The van der Waals surface area contributed by atoms with Crippen LogP contribution in [0.25, 0.3) is 0 Å². The van der Waals surface area contributed by atoms with E-state index in [1.54, 1.807) is 23.7 Å². The number of nitrogens with one attached hydrogen (secondary N) is 1. The van der Waals surface area contributed by atoms with E-state index in [0.717, 1.165) is 0 Å². The maximum Gasteiger partial charge on any atom is 0.274 e. The van der Waals surface area contributed by atoms with Gasteiger partial charge in [0, 0.05) is 18.2 Å². The van der Waals surface area contributed by atoms with Crippen LogP contribution < -0.4 is 5.32 Å². The van der Waals surface area contributed by atoms with Gasteiger partial charge in [-0.15, -0.1) is 10.2 Å². The summed E-state index contributed by atoms with van der Waals surface area (Å²) < 4.78 is 0. The molecule has 2 rings (SSSR count). The summed E-state index contributed by atoms with van der Waals surface area (Å²) in [6, 6.07) is 6.61. The Morgan fingerprint density at radius 1 is 1.44 bits per heavy atom. The van der Waals surface area contributed by atoms with Crippen LogP contribution in [0.5, 0.6) is 0 Å². The van der Waals surface area contributed by atoms with Gasteiger partial charge in [0.15, 0.2) is 0 Å². The molecule has 0 aliphatic rings. The molecule has 2 aromatic rings. The molecule has 0 amide bonds. The monoisotopic (exact) mass is 236 g/mol. The second kappa shape index (κ2) is 4.67. The molecule has 82 valence electrons. The average Bonchev–Trinajstić information content (AvgIpc) is 2.79. The molecule has 0 saturated heterocycles. The third-order valence-electron chi connectivity index (χ3n) is 1.98. The Bertz CT molecular complexity index is 486. The fourth-order valence-corrected chi connectivity index (χ4v) is 1.70. The molecule has 0 bridgehead atoms. The number of rotatable bonds is 4. The van der Waals surface area contributed by atoms with Crippen LogP contribution in [0.15, 0.2) is 29.8 Å². The fraction of sp³-hybridized carbons (Fsp3) is 0.111. The van der Waals surface area contributed by atoms with Crippen molar-refractivity contribution in [2.75, 3.05) is 5.32 Å². The molecular weight excluding hydrogens is 228 g/mol. The first-order valence-electron chi connectivity index (χ1n) is 4.49. The van der Waals surface area contributed by atoms with E-state index in [9.17, 15) is 10.1 Å². The van der Waals surface area contributed by atoms with Gasteiger partial charge in [0.05, 0.1) is 4.92 Å². The van der Waals surface area contributed by atoms with Crippen molar-refractivity contribution in [1.29, 1.82) is 0 Å². The molecule has 0 spiro atoms. The minimum absolute atomic E-state index is 0.111. The van der Waals surface area contributed by atoms with E-state index in [-0.39, 0.29) is 5.69 Å². The first-order valence-corrected chi connectivity index (χ1v) is 5.37. The van der Waals surface area contributed by atoms with Gasteiger partial charge in [0.25, 0.3) is 5.69 Å². The van der Waals surface area contributed by atoms with Crippen LogP contribution in [-0.4, -0.2) is 15.1 Å². The lowest BCUT2D eigenvalue weighted by Crippen LogP contribution is -2.02. The van der Waals surface area contributed by atoms with E-state index in [0.29, 0.717) is 17.2 Å². The van der Waals surface area contributed by atoms with Crippen LogP contribution >= 0.6 is 11.3 Å². The van der Waals surface area contributed by atoms with Crippen LogP contribution in [0.3, 0.4) is 0 Å². The summed E-state index contributed by atoms with van der Waals surface area (Å²) in [7, 11) is 0. The number of para-hydroxylation sites is 1. The van der Waals surface area contributed by atoms with Crippen LogP contribution in [0, 0.1) is 10.1 Å². The number of anilines is 1. The van der Waals surface area contributed by atoms with Crippen LogP contribution in [-0.2, 0) is 6.54 Å². The molecule has 1 aromatic heterocycles. The van der Waals surface area contributed by atoms with Crippen LogP contribution in [0.2, 0.25) is 0 Å². The Labute approximate surface area is 95.1 Å². The highest BCUT2D eigenvalue weighted by molar-refractivity contribution is 7.13. The molecule has 6 nitrogen and oxygen atoms in total. The molecule has 1 aromatic carbocycles. The topological polar surface area (TPSA) is 81.0 Å². The number of hydrogen-bond donors (Lipinski definition) is 1. The second-order valence-corrected chi connectivity index (χ2v) is 3.82. The summed E-state index contributed by atoms with van der Waals surface area (Å²) in [5.41, 5.74) is 2.34. The Kier molecular flexibility index (Phi) is 3.06. The van der Waals surface area contributed by atoms with Crippen molar-refractivity contribution in [3.8, 4) is 0 Å². The highest BCUT2D eigenvalue weighted by Gasteiger charge is 2.11. The quantitative estimate of drug-likeness (QED) is 0.649. The Balaban J connectivity index is 2.12. The van der Waals surface area contributed by atoms with Crippen molar-refractivity contribution >= 4 is 22.2 Å². The van der Waals surface area contributed by atoms with E-state index in [4.69, 9.17) is 0 Å². The number of nitro groups is 1. The molecule has 0 fully saturated rings. The third kappa shape index (κ3) is 2.31. The number of nitro benzene ring substituents is 1. The summed E-state index contributed by atoms with van der Waals surface area (Å²) in [6.45, 7) is 0.367. The molecular formula is C9H8N4O2S. The summed E-state index contributed by atoms with van der Waals surface area (Å²) in [5, 5.41) is 21.8. The van der Waals surface area contributed by atoms with Crippen molar-refractivity contribution in [2.45, 2.75) is 6.54 Å². The van der Waals surface area contributed by atoms with Gasteiger partial charge >= 0.3 is 0 Å². The lowest BCUT2D eigenvalue weighted by Gasteiger charge is -2.02. The third-order valence-corrected chi connectivity index (χ3v) is 2.63. The van der Waals surface area contributed by atoms with Crippen molar-refractivity contribution in [2.24, 2.45) is 0 Å². The Morgan fingerprint density at radius 3 is 2.94 bits per heavy atom. The van der Waals surface area contributed by atoms with Gasteiger partial charge in [-0.05, 0) is 0 Å². The lowest BCUT2D eigenvalue weighted by molar-refractivity contribution is -0.385. The summed E-state index contributed by atoms with van der Waals surface area (Å²) in [4.78, 5) is 10.3. The molecule has 0 atom stereocenters. The van der Waals surface area contributed by atoms with Gasteiger partial charge in [0.1, 0.15) is 5.51 Å². The first-order chi connectivity index (χ1) is 7.77. The molecule has 0 saturated carbocycles. The van der Waals surface area contributed by atoms with Crippen LogP contribution in [0.4, 0.5) is 10.8 Å². The van der Waals surface area contributed by atoms with Gasteiger partial charge in [-0.2, -0.15) is 0 Å². The van der Waals surface area contributed by atoms with Gasteiger partial charge in [0.2, 0.25) is 5.13 Å². The minimum Gasteiger partial charge on any atom is -0.356 e. The minimum atomic E-state index is -0.392. The maximum absolute atomic E-state index is 10.7. The fourth-order valence-electron chi connectivity index (χ4n) is 1.26. The van der Waals surface area contributed by atoms with Crippen molar-refractivity contribution in [3.63, 3.8) is 0 Å². The van der Waals surface area contributed by atoms with Crippen molar-refractivity contribution < 1.29 is 4.92 Å². The molecule has 1 N–H and O–H groups in total. The zero-order valence-corrected chi connectivity index (χ0v) is 8.98. The molecule has 0 radical (unpaired) electrons. The normalized spacial score (nSPS) is 10.0. The largest absolute Gasteiger partial charge is 0.356 e. The average molecular weight is 236 g/mol. The summed E-state index contributed by atoms with van der Waals surface area (Å²) >= 11 is 1.35. The highest BCUT2D eigenvalue weighted by atomic mass is 32.1. The molecule has 0 unspecified atom stereocenters. The van der Waals surface area contributed by atoms with E-state index in [1.165, 1.54) is 17.4 Å². The maximum atomic E-state index is 10.7. The molecule has 7 heteroatoms. The van der Waals surface area contributed by atoms with E-state index < -0.39 is 4.92 Å². The molecule has 0 aliphatic heterocycles. The predicted octanol–water partition coefficient (Wildman–Crippen LogP) is 2.06. The first kappa shape index (κ1) is 10.5. The zero-order chi connectivity index (χ0) is 11.4. The second-order valence-electron chi connectivity index (χ2n) is 2.98. The van der Waals surface area contributed by atoms with Gasteiger partial charge < -0.3 is 5.32 Å². The van der Waals surface area contributed by atoms with E-state index in [2.05, 4.69) is 15.5 Å². The summed E-state index contributed by atoms with van der Waals surface area (Å²) in [6.07, 6.45) is 0. The van der Waals surface area contributed by atoms with Gasteiger partial charge in [-0.25, -0.2) is 0 Å². The molecule has 0 aliphatic carbocycles. The van der Waals surface area contributed by atoms with Gasteiger partial charge in [-0.3, -0.25) is 10.1 Å². The highest BCUT2D eigenvalue weighted by Crippen LogP contribution is 2.19. The van der Waals surface area contributed by atoms with Crippen molar-refractivity contribution in [1.82, 2.24) is 10.2 Å². The van der Waals surface area contributed by atoms with Gasteiger partial charge in [-0.1, -0.05) is 29.5 Å². The number of benzene rings is 1. The smallest absolute Gasteiger partial charge is 0.274 e. The zero-order valence-electron chi connectivity index (χ0n) is 8.16. The lowest BCUT2D eigenvalue weighted by atomic mass is 10.2. The molecule has 1 heterocycles. The van der Waals surface area contributed by atoms with Crippen LogP contribution in [0.1, 0.15) is 5.56 Å². The van der Waals surface area contributed by atoms with E-state index in [1.807, 2.05) is 0 Å².